The van der Waals surface area contributed by atoms with Crippen LogP contribution in [0.5, 0.6) is 0 Å². The van der Waals surface area contributed by atoms with Crippen molar-refractivity contribution in [3.8, 4) is 0 Å². The smallest absolute Gasteiger partial charge is 0.193 e. The van der Waals surface area contributed by atoms with Gasteiger partial charge in [0, 0.05) is 11.6 Å². The summed E-state index contributed by atoms with van der Waals surface area (Å²) in [7, 11) is 0. The van der Waals surface area contributed by atoms with E-state index in [2.05, 4.69) is 0 Å². The molecule has 1 aromatic heterocycles. The molecule has 72 valence electrons. The molecule has 0 saturated carbocycles. The van der Waals surface area contributed by atoms with Gasteiger partial charge in [0.2, 0.25) is 0 Å². The predicted molar refractivity (Wildman–Crippen MR) is 59.7 cm³/mol. The molecule has 1 nitrogen and oxygen atoms in total. The van der Waals surface area contributed by atoms with Crippen LogP contribution in [0.15, 0.2) is 28.7 Å². The minimum atomic E-state index is 0.451. The zero-order valence-corrected chi connectivity index (χ0v) is 9.33. The monoisotopic (exact) mass is 236 g/mol. The number of allylic oxidation sites excluding steroid dienone is 1. The summed E-state index contributed by atoms with van der Waals surface area (Å²) in [6.45, 7) is 0. The Bertz CT molecular complexity index is 270. The number of alkyl halides is 1. The van der Waals surface area contributed by atoms with Crippen molar-refractivity contribution in [1.29, 1.82) is 0 Å². The van der Waals surface area contributed by atoms with Crippen LogP contribution in [-0.4, -0.2) is 11.6 Å². The average Bonchev–Trinajstić information content (AvgIpc) is 2.51. The van der Waals surface area contributed by atoms with Crippen LogP contribution in [0.1, 0.15) is 5.76 Å². The van der Waals surface area contributed by atoms with Gasteiger partial charge in [-0.2, -0.15) is 0 Å². The van der Waals surface area contributed by atoms with Gasteiger partial charge >= 0.3 is 0 Å². The van der Waals surface area contributed by atoms with Crippen molar-refractivity contribution in [2.75, 3.05) is 11.6 Å². The number of hydrogen-bond acceptors (Lipinski definition) is 2. The lowest BCUT2D eigenvalue weighted by Gasteiger charge is -1.93. The van der Waals surface area contributed by atoms with Gasteiger partial charge in [0.1, 0.15) is 5.76 Å². The molecule has 0 aromatic carbocycles. The highest BCUT2D eigenvalue weighted by molar-refractivity contribution is 7.98. The van der Waals surface area contributed by atoms with Crippen LogP contribution in [-0.2, 0) is 5.75 Å². The first-order valence-corrected chi connectivity index (χ1v) is 5.92. The summed E-state index contributed by atoms with van der Waals surface area (Å²) in [5, 5.41) is 0.451. The van der Waals surface area contributed by atoms with Gasteiger partial charge in [-0.25, -0.2) is 0 Å². The molecule has 0 amide bonds. The van der Waals surface area contributed by atoms with E-state index in [9.17, 15) is 0 Å². The quantitative estimate of drug-likeness (QED) is 0.436. The summed E-state index contributed by atoms with van der Waals surface area (Å²) in [6, 6.07) is 3.65. The van der Waals surface area contributed by atoms with E-state index < -0.39 is 0 Å². The van der Waals surface area contributed by atoms with Crippen LogP contribution in [0.3, 0.4) is 0 Å². The molecule has 13 heavy (non-hydrogen) atoms. The maximum Gasteiger partial charge on any atom is 0.193 e. The molecule has 1 aromatic rings. The summed E-state index contributed by atoms with van der Waals surface area (Å²) in [6.07, 6.45) is 3.98. The van der Waals surface area contributed by atoms with Gasteiger partial charge in [-0.1, -0.05) is 12.2 Å². The third-order valence-corrected chi connectivity index (χ3v) is 2.64. The average molecular weight is 237 g/mol. The third kappa shape index (κ3) is 4.65. The molecule has 0 fully saturated rings. The second-order valence-electron chi connectivity index (χ2n) is 2.35. The molecule has 0 bridgehead atoms. The van der Waals surface area contributed by atoms with Gasteiger partial charge < -0.3 is 4.42 Å². The molecule has 0 aliphatic heterocycles. The normalized spacial score (nSPS) is 11.2. The lowest BCUT2D eigenvalue weighted by molar-refractivity contribution is 0.532. The second-order valence-corrected chi connectivity index (χ2v) is 4.06. The minimum absolute atomic E-state index is 0.451. The van der Waals surface area contributed by atoms with Crippen LogP contribution >= 0.6 is 35.0 Å². The fourth-order valence-corrected chi connectivity index (χ4v) is 1.82. The lowest BCUT2D eigenvalue weighted by Crippen LogP contribution is -1.76. The van der Waals surface area contributed by atoms with E-state index >= 15 is 0 Å². The zero-order chi connectivity index (χ0) is 9.52. The van der Waals surface area contributed by atoms with Crippen molar-refractivity contribution in [2.24, 2.45) is 0 Å². The van der Waals surface area contributed by atoms with Crippen molar-refractivity contribution >= 4 is 35.0 Å². The van der Waals surface area contributed by atoms with Crippen molar-refractivity contribution in [2.45, 2.75) is 5.75 Å². The minimum Gasteiger partial charge on any atom is -0.449 e. The van der Waals surface area contributed by atoms with Gasteiger partial charge in [-0.15, -0.1) is 23.4 Å². The van der Waals surface area contributed by atoms with E-state index in [1.165, 1.54) is 0 Å². The molecule has 0 aliphatic rings. The standard InChI is InChI=1S/C9H10Cl2OS/c10-5-1-2-6-13-7-8-3-4-9(11)12-8/h1-4H,5-7H2/b2-1+. The zero-order valence-electron chi connectivity index (χ0n) is 7.00. The fraction of sp³-hybridized carbons (Fsp3) is 0.333. The molecule has 0 saturated heterocycles. The SMILES string of the molecule is ClC/C=C/CSCc1ccc(Cl)o1. The highest BCUT2D eigenvalue weighted by Crippen LogP contribution is 2.18. The topological polar surface area (TPSA) is 13.1 Å². The third-order valence-electron chi connectivity index (χ3n) is 1.34. The molecule has 4 heteroatoms. The Labute approximate surface area is 92.1 Å². The van der Waals surface area contributed by atoms with Crippen LogP contribution < -0.4 is 0 Å². The van der Waals surface area contributed by atoms with Crippen LogP contribution in [0.2, 0.25) is 5.22 Å². The number of rotatable bonds is 5. The van der Waals surface area contributed by atoms with Gasteiger partial charge in [0.25, 0.3) is 0 Å². The summed E-state index contributed by atoms with van der Waals surface area (Å²) >= 11 is 12.8. The van der Waals surface area contributed by atoms with Gasteiger partial charge in [0.05, 0.1) is 5.75 Å². The van der Waals surface area contributed by atoms with E-state index in [4.69, 9.17) is 27.6 Å². The number of furan rings is 1. The first-order chi connectivity index (χ1) is 6.33. The molecule has 0 unspecified atom stereocenters. The molecular formula is C9H10Cl2OS. The fourth-order valence-electron chi connectivity index (χ4n) is 0.788. The summed E-state index contributed by atoms with van der Waals surface area (Å²) < 4.78 is 5.18. The second kappa shape index (κ2) is 6.41. The van der Waals surface area contributed by atoms with Crippen molar-refractivity contribution in [3.05, 3.63) is 35.3 Å². The molecule has 0 atom stereocenters. The molecule has 0 aliphatic carbocycles. The first-order valence-electron chi connectivity index (χ1n) is 3.86. The maximum atomic E-state index is 5.62. The van der Waals surface area contributed by atoms with Crippen LogP contribution in [0.4, 0.5) is 0 Å². The van der Waals surface area contributed by atoms with E-state index in [1.54, 1.807) is 17.8 Å². The summed E-state index contributed by atoms with van der Waals surface area (Å²) in [5.41, 5.74) is 0. The van der Waals surface area contributed by atoms with Crippen molar-refractivity contribution in [3.63, 3.8) is 0 Å². The molecule has 0 spiro atoms. The molecule has 1 rings (SSSR count). The number of hydrogen-bond donors (Lipinski definition) is 0. The van der Waals surface area contributed by atoms with E-state index in [0.29, 0.717) is 11.1 Å². The van der Waals surface area contributed by atoms with Crippen molar-refractivity contribution in [1.82, 2.24) is 0 Å². The highest BCUT2D eigenvalue weighted by Gasteiger charge is 1.97. The predicted octanol–water partition coefficient (Wildman–Crippen LogP) is 3.96. The number of thioether (sulfide) groups is 1. The summed E-state index contributed by atoms with van der Waals surface area (Å²) in [4.78, 5) is 0. The van der Waals surface area contributed by atoms with Gasteiger partial charge in [-0.05, 0) is 23.7 Å². The molecule has 0 radical (unpaired) electrons. The van der Waals surface area contributed by atoms with E-state index in [0.717, 1.165) is 17.3 Å². The highest BCUT2D eigenvalue weighted by atomic mass is 35.5. The summed E-state index contributed by atoms with van der Waals surface area (Å²) in [5.74, 6) is 3.28. The molecular weight excluding hydrogens is 227 g/mol. The first kappa shape index (κ1) is 11.0. The van der Waals surface area contributed by atoms with Gasteiger partial charge in [-0.3, -0.25) is 0 Å². The Morgan fingerprint density at radius 1 is 1.38 bits per heavy atom. The Morgan fingerprint density at radius 2 is 2.23 bits per heavy atom. The Kier molecular flexibility index (Phi) is 5.44. The van der Waals surface area contributed by atoms with Crippen molar-refractivity contribution < 1.29 is 4.42 Å². The van der Waals surface area contributed by atoms with Gasteiger partial charge in [0.15, 0.2) is 5.22 Å². The van der Waals surface area contributed by atoms with Crippen LogP contribution in [0, 0.1) is 0 Å². The largest absolute Gasteiger partial charge is 0.449 e. The number of halogens is 2. The molecule has 1 heterocycles. The maximum absolute atomic E-state index is 5.62. The van der Waals surface area contributed by atoms with E-state index in [1.807, 2.05) is 18.2 Å². The van der Waals surface area contributed by atoms with E-state index in [-0.39, 0.29) is 0 Å². The Morgan fingerprint density at radius 3 is 2.85 bits per heavy atom. The Balaban J connectivity index is 2.16. The molecule has 0 N–H and O–H groups in total. The van der Waals surface area contributed by atoms with Crippen LogP contribution in [0.25, 0.3) is 0 Å². The lowest BCUT2D eigenvalue weighted by atomic mass is 10.5. The Hall–Kier alpha value is -0.0500.